The molecule has 0 aliphatic rings. The quantitative estimate of drug-likeness (QED) is 0.603. The Hall–Kier alpha value is -2.17. The minimum atomic E-state index is -0.224. The Morgan fingerprint density at radius 2 is 2.00 bits per heavy atom. The number of aromatic nitrogens is 2. The Labute approximate surface area is 85.2 Å². The van der Waals surface area contributed by atoms with E-state index in [1.807, 2.05) is 0 Å². The van der Waals surface area contributed by atoms with Gasteiger partial charge in [-0.05, 0) is 18.2 Å². The van der Waals surface area contributed by atoms with Gasteiger partial charge in [-0.3, -0.25) is 0 Å². The van der Waals surface area contributed by atoms with E-state index in [2.05, 4.69) is 4.98 Å². The Kier molecular flexibility index (Phi) is 2.00. The molecule has 0 saturated heterocycles. The van der Waals surface area contributed by atoms with Gasteiger partial charge in [-0.2, -0.15) is 0 Å². The fourth-order valence-electron chi connectivity index (χ4n) is 1.33. The molecule has 0 amide bonds. The van der Waals surface area contributed by atoms with Crippen LogP contribution in [0.3, 0.4) is 0 Å². The molecule has 0 atom stereocenters. The average molecular weight is 206 g/mol. The van der Waals surface area contributed by atoms with Crippen molar-refractivity contribution in [3.05, 3.63) is 34.9 Å². The first-order chi connectivity index (χ1) is 7.08. The number of phenolic OH excluding ortho intramolecular Hbond substituents is 2. The number of hydrogen-bond donors (Lipinski definition) is 3. The molecule has 0 radical (unpaired) electrons. The summed E-state index contributed by atoms with van der Waals surface area (Å²) < 4.78 is 1.40. The van der Waals surface area contributed by atoms with Crippen LogP contribution >= 0.6 is 0 Å². The number of aromatic hydroxyl groups is 2. The zero-order chi connectivity index (χ0) is 11.0. The molecule has 5 heteroatoms. The van der Waals surface area contributed by atoms with Gasteiger partial charge in [-0.15, -0.1) is 0 Å². The first-order valence-corrected chi connectivity index (χ1v) is 4.36. The van der Waals surface area contributed by atoms with Gasteiger partial charge in [-0.1, -0.05) is 0 Å². The molecular formula is C10H10N2O3. The molecule has 0 aliphatic heterocycles. The summed E-state index contributed by atoms with van der Waals surface area (Å²) in [5.74, 6) is -0.394. The van der Waals surface area contributed by atoms with E-state index in [4.69, 9.17) is 5.11 Å². The molecular weight excluding hydrogens is 196 g/mol. The minimum absolute atomic E-state index is 0.183. The lowest BCUT2D eigenvalue weighted by Crippen LogP contribution is -2.11. The van der Waals surface area contributed by atoms with Gasteiger partial charge >= 0.3 is 5.69 Å². The third kappa shape index (κ3) is 1.59. The second kappa shape index (κ2) is 3.20. The zero-order valence-corrected chi connectivity index (χ0v) is 8.06. The summed E-state index contributed by atoms with van der Waals surface area (Å²) in [6.07, 6.45) is 1.62. The molecule has 2 rings (SSSR count). The Bertz CT molecular complexity index is 554. The normalized spacial score (nSPS) is 10.5. The third-order valence-corrected chi connectivity index (χ3v) is 2.17. The first kappa shape index (κ1) is 9.39. The highest BCUT2D eigenvalue weighted by Crippen LogP contribution is 2.29. The molecule has 3 N–H and O–H groups in total. The molecule has 0 fully saturated rings. The molecule has 0 aliphatic carbocycles. The van der Waals surface area contributed by atoms with E-state index < -0.39 is 0 Å². The van der Waals surface area contributed by atoms with Gasteiger partial charge in [0.2, 0.25) is 0 Å². The Morgan fingerprint density at radius 1 is 1.27 bits per heavy atom. The lowest BCUT2D eigenvalue weighted by atomic mass is 10.1. The van der Waals surface area contributed by atoms with Crippen molar-refractivity contribution < 1.29 is 10.2 Å². The largest absolute Gasteiger partial charge is 0.504 e. The van der Waals surface area contributed by atoms with Gasteiger partial charge in [0, 0.05) is 18.8 Å². The highest BCUT2D eigenvalue weighted by molar-refractivity contribution is 5.62. The van der Waals surface area contributed by atoms with Crippen molar-refractivity contribution in [1.29, 1.82) is 0 Å². The standard InChI is InChI=1S/C10H10N2O3/c1-12-5-7(11-10(12)15)6-2-3-8(13)9(14)4-6/h2-5,13-14H,1H3,(H,11,15). The highest BCUT2D eigenvalue weighted by Gasteiger charge is 2.05. The van der Waals surface area contributed by atoms with E-state index in [0.717, 1.165) is 0 Å². The molecule has 0 spiro atoms. The summed E-state index contributed by atoms with van der Waals surface area (Å²) in [6.45, 7) is 0. The van der Waals surface area contributed by atoms with Crippen LogP contribution in [0.5, 0.6) is 11.5 Å². The fourth-order valence-corrected chi connectivity index (χ4v) is 1.33. The van der Waals surface area contributed by atoms with Crippen molar-refractivity contribution in [2.24, 2.45) is 7.05 Å². The topological polar surface area (TPSA) is 78.2 Å². The monoisotopic (exact) mass is 206 g/mol. The van der Waals surface area contributed by atoms with Crippen molar-refractivity contribution in [2.75, 3.05) is 0 Å². The van der Waals surface area contributed by atoms with Crippen molar-refractivity contribution in [2.45, 2.75) is 0 Å². The number of aryl methyl sites for hydroxylation is 1. The maximum Gasteiger partial charge on any atom is 0.325 e. The van der Waals surface area contributed by atoms with Crippen LogP contribution in [0.1, 0.15) is 0 Å². The summed E-state index contributed by atoms with van der Waals surface area (Å²) in [7, 11) is 1.63. The van der Waals surface area contributed by atoms with Gasteiger partial charge in [0.25, 0.3) is 0 Å². The van der Waals surface area contributed by atoms with E-state index in [9.17, 15) is 9.90 Å². The van der Waals surface area contributed by atoms with E-state index in [0.29, 0.717) is 11.3 Å². The Balaban J connectivity index is 2.54. The number of hydrogen-bond acceptors (Lipinski definition) is 3. The van der Waals surface area contributed by atoms with Crippen LogP contribution in [0.4, 0.5) is 0 Å². The van der Waals surface area contributed by atoms with Crippen molar-refractivity contribution >= 4 is 0 Å². The van der Waals surface area contributed by atoms with Crippen LogP contribution in [0.2, 0.25) is 0 Å². The molecule has 0 saturated carbocycles. The smallest absolute Gasteiger partial charge is 0.325 e. The van der Waals surface area contributed by atoms with Gasteiger partial charge in [0.15, 0.2) is 11.5 Å². The van der Waals surface area contributed by atoms with Gasteiger partial charge in [0.05, 0.1) is 5.69 Å². The number of H-pyrrole nitrogens is 1. The fraction of sp³-hybridized carbons (Fsp3) is 0.100. The van der Waals surface area contributed by atoms with Crippen LogP contribution in [0.25, 0.3) is 11.3 Å². The van der Waals surface area contributed by atoms with E-state index >= 15 is 0 Å². The molecule has 78 valence electrons. The second-order valence-electron chi connectivity index (χ2n) is 3.29. The summed E-state index contributed by atoms with van der Waals surface area (Å²) in [5, 5.41) is 18.4. The maximum absolute atomic E-state index is 11.2. The summed E-state index contributed by atoms with van der Waals surface area (Å²) >= 11 is 0. The van der Waals surface area contributed by atoms with Crippen molar-refractivity contribution in [3.8, 4) is 22.8 Å². The van der Waals surface area contributed by atoms with Gasteiger partial charge in [-0.25, -0.2) is 4.79 Å². The lowest BCUT2D eigenvalue weighted by Gasteiger charge is -2.00. The summed E-state index contributed by atoms with van der Waals surface area (Å²) in [4.78, 5) is 13.8. The number of benzene rings is 1. The Morgan fingerprint density at radius 3 is 2.53 bits per heavy atom. The van der Waals surface area contributed by atoms with E-state index in [1.54, 1.807) is 19.3 Å². The van der Waals surface area contributed by atoms with Gasteiger partial charge < -0.3 is 19.8 Å². The van der Waals surface area contributed by atoms with E-state index in [-0.39, 0.29) is 17.2 Å². The van der Waals surface area contributed by atoms with Crippen molar-refractivity contribution in [3.63, 3.8) is 0 Å². The molecule has 0 bridgehead atoms. The zero-order valence-electron chi connectivity index (χ0n) is 8.06. The van der Waals surface area contributed by atoms with Crippen LogP contribution < -0.4 is 5.69 Å². The average Bonchev–Trinajstić information content (AvgIpc) is 2.52. The molecule has 1 heterocycles. The summed E-state index contributed by atoms with van der Waals surface area (Å²) in [5.41, 5.74) is 1.01. The molecule has 1 aromatic heterocycles. The van der Waals surface area contributed by atoms with Crippen LogP contribution in [0.15, 0.2) is 29.2 Å². The molecule has 2 aromatic rings. The van der Waals surface area contributed by atoms with Crippen LogP contribution in [0, 0.1) is 0 Å². The minimum Gasteiger partial charge on any atom is -0.504 e. The molecule has 15 heavy (non-hydrogen) atoms. The molecule has 1 aromatic carbocycles. The molecule has 5 nitrogen and oxygen atoms in total. The van der Waals surface area contributed by atoms with E-state index in [1.165, 1.54) is 16.7 Å². The third-order valence-electron chi connectivity index (χ3n) is 2.17. The number of nitrogens with zero attached hydrogens (tertiary/aromatic N) is 1. The SMILES string of the molecule is Cn1cc(-c2ccc(O)c(O)c2)[nH]c1=O. The maximum atomic E-state index is 11.2. The van der Waals surface area contributed by atoms with Crippen molar-refractivity contribution in [1.82, 2.24) is 9.55 Å². The number of rotatable bonds is 1. The molecule has 0 unspecified atom stereocenters. The number of phenols is 2. The number of imidazole rings is 1. The number of aromatic amines is 1. The van der Waals surface area contributed by atoms with Gasteiger partial charge in [0.1, 0.15) is 0 Å². The summed E-state index contributed by atoms with van der Waals surface area (Å²) in [6, 6.07) is 4.37. The predicted molar refractivity (Wildman–Crippen MR) is 54.8 cm³/mol. The lowest BCUT2D eigenvalue weighted by molar-refractivity contribution is 0.404. The first-order valence-electron chi connectivity index (χ1n) is 4.36. The number of nitrogens with one attached hydrogen (secondary N) is 1. The van der Waals surface area contributed by atoms with Crippen LogP contribution in [-0.2, 0) is 7.05 Å². The predicted octanol–water partition coefficient (Wildman–Crippen LogP) is 0.792. The van der Waals surface area contributed by atoms with Crippen LogP contribution in [-0.4, -0.2) is 19.8 Å². The highest BCUT2D eigenvalue weighted by atomic mass is 16.3. The second-order valence-corrected chi connectivity index (χ2v) is 3.29.